The second-order valence-electron chi connectivity index (χ2n) is 9.31. The van der Waals surface area contributed by atoms with Crippen LogP contribution in [0, 0.1) is 5.92 Å². The van der Waals surface area contributed by atoms with E-state index in [2.05, 4.69) is 38.5 Å². The zero-order valence-corrected chi connectivity index (χ0v) is 26.1. The highest BCUT2D eigenvalue weighted by Gasteiger charge is 2.10. The van der Waals surface area contributed by atoms with Crippen molar-refractivity contribution in [3.63, 3.8) is 0 Å². The fourth-order valence-corrected chi connectivity index (χ4v) is 2.97. The maximum atomic E-state index is 11.6. The molecule has 0 aliphatic heterocycles. The molecule has 0 heterocycles. The van der Waals surface area contributed by atoms with Gasteiger partial charge in [-0.05, 0) is 72.5 Å². The molecule has 1 rings (SSSR count). The lowest BCUT2D eigenvalue weighted by atomic mass is 10.0. The predicted octanol–water partition coefficient (Wildman–Crippen LogP) is 3.70. The van der Waals surface area contributed by atoms with Gasteiger partial charge in [-0.15, -0.1) is 6.58 Å². The highest BCUT2D eigenvalue weighted by molar-refractivity contribution is 6.00. The van der Waals surface area contributed by atoms with Crippen molar-refractivity contribution in [3.05, 3.63) is 54.1 Å². The molecular formula is C34H64N6O7. The van der Waals surface area contributed by atoms with Crippen molar-refractivity contribution in [1.82, 2.24) is 31.9 Å². The third-order valence-corrected chi connectivity index (χ3v) is 5.14. The SMILES string of the molecule is C.C.C.C.C=CC(CC=CCC(C)=O)CC(=O)NCNC.CNCNC(=O)CC(C)=O.CNCNC(=O)c1cc(O)cc(C(C)=O)c1. The third kappa shape index (κ3) is 33.0. The summed E-state index contributed by atoms with van der Waals surface area (Å²) in [4.78, 5) is 65.8. The van der Waals surface area contributed by atoms with Crippen LogP contribution in [0.5, 0.6) is 5.75 Å². The number of rotatable bonds is 17. The fourth-order valence-electron chi connectivity index (χ4n) is 2.97. The Morgan fingerprint density at radius 1 is 0.723 bits per heavy atom. The number of allylic oxidation sites excluding steroid dienone is 3. The molecule has 0 aromatic heterocycles. The number of hydrogen-bond acceptors (Lipinski definition) is 10. The predicted molar refractivity (Wildman–Crippen MR) is 193 cm³/mol. The minimum absolute atomic E-state index is 0. The van der Waals surface area contributed by atoms with E-state index in [0.717, 1.165) is 6.42 Å². The molecule has 1 aromatic carbocycles. The summed E-state index contributed by atoms with van der Waals surface area (Å²) in [5.41, 5.74) is 0.579. The van der Waals surface area contributed by atoms with Crippen molar-refractivity contribution in [2.24, 2.45) is 5.92 Å². The number of aromatic hydroxyl groups is 1. The highest BCUT2D eigenvalue weighted by Crippen LogP contribution is 2.16. The summed E-state index contributed by atoms with van der Waals surface area (Å²) in [7, 11) is 5.19. The largest absolute Gasteiger partial charge is 0.508 e. The van der Waals surface area contributed by atoms with E-state index in [0.29, 0.717) is 38.4 Å². The van der Waals surface area contributed by atoms with Crippen molar-refractivity contribution in [2.75, 3.05) is 41.1 Å². The van der Waals surface area contributed by atoms with Crippen LogP contribution in [0.4, 0.5) is 0 Å². The van der Waals surface area contributed by atoms with Crippen molar-refractivity contribution < 1.29 is 33.9 Å². The minimum Gasteiger partial charge on any atom is -0.508 e. The molecule has 3 amide bonds. The van der Waals surface area contributed by atoms with Crippen molar-refractivity contribution in [3.8, 4) is 5.75 Å². The van der Waals surface area contributed by atoms with Crippen LogP contribution in [0.15, 0.2) is 43.0 Å². The molecule has 0 radical (unpaired) electrons. The van der Waals surface area contributed by atoms with Gasteiger partial charge in [0.05, 0.1) is 26.4 Å². The van der Waals surface area contributed by atoms with Gasteiger partial charge in [0.2, 0.25) is 11.8 Å². The van der Waals surface area contributed by atoms with Crippen LogP contribution in [0.2, 0.25) is 0 Å². The summed E-state index contributed by atoms with van der Waals surface area (Å²) in [5, 5.41) is 25.5. The average molecular weight is 669 g/mol. The van der Waals surface area contributed by atoms with E-state index in [9.17, 15) is 33.9 Å². The number of phenolic OH excluding ortho intramolecular Hbond substituents is 1. The molecule has 1 unspecified atom stereocenters. The van der Waals surface area contributed by atoms with E-state index >= 15 is 0 Å². The molecule has 13 heteroatoms. The normalized spacial score (nSPS) is 9.74. The zero-order chi connectivity index (χ0) is 33.2. The molecule has 47 heavy (non-hydrogen) atoms. The number of carbonyl (C=O) groups is 6. The van der Waals surface area contributed by atoms with Crippen LogP contribution in [-0.2, 0) is 19.2 Å². The molecule has 0 bridgehead atoms. The van der Waals surface area contributed by atoms with Gasteiger partial charge in [-0.25, -0.2) is 0 Å². The molecule has 0 aliphatic rings. The topological polar surface area (TPSA) is 195 Å². The molecule has 1 atom stereocenters. The third-order valence-electron chi connectivity index (χ3n) is 5.14. The Labute approximate surface area is 283 Å². The number of Topliss-reactive ketones (excluding diaryl/α,β-unsaturated/α-hetero) is 3. The van der Waals surface area contributed by atoms with Crippen molar-refractivity contribution in [1.29, 1.82) is 0 Å². The Balaban J connectivity index is -0.000000133. The van der Waals surface area contributed by atoms with Crippen molar-refractivity contribution in [2.45, 2.75) is 76.2 Å². The van der Waals surface area contributed by atoms with E-state index in [4.69, 9.17) is 0 Å². The molecule has 7 N–H and O–H groups in total. The van der Waals surface area contributed by atoms with E-state index in [1.54, 1.807) is 34.1 Å². The van der Waals surface area contributed by atoms with Gasteiger partial charge < -0.3 is 37.0 Å². The number of phenols is 1. The molecule has 0 aliphatic carbocycles. The summed E-state index contributed by atoms with van der Waals surface area (Å²) < 4.78 is 0. The summed E-state index contributed by atoms with van der Waals surface area (Å²) in [5.74, 6) is -0.716. The van der Waals surface area contributed by atoms with E-state index in [1.165, 1.54) is 32.0 Å². The van der Waals surface area contributed by atoms with Gasteiger partial charge >= 0.3 is 0 Å². The number of carbonyl (C=O) groups excluding carboxylic acids is 6. The monoisotopic (exact) mass is 668 g/mol. The quantitative estimate of drug-likeness (QED) is 0.0557. The van der Waals surface area contributed by atoms with Crippen LogP contribution >= 0.6 is 0 Å². The Morgan fingerprint density at radius 2 is 1.21 bits per heavy atom. The van der Waals surface area contributed by atoms with E-state index < -0.39 is 0 Å². The van der Waals surface area contributed by atoms with Gasteiger partial charge in [0.1, 0.15) is 17.3 Å². The van der Waals surface area contributed by atoms with Crippen LogP contribution < -0.4 is 31.9 Å². The maximum Gasteiger partial charge on any atom is 0.252 e. The van der Waals surface area contributed by atoms with Gasteiger partial charge in [0.15, 0.2) is 5.78 Å². The molecule has 13 nitrogen and oxygen atoms in total. The van der Waals surface area contributed by atoms with E-state index in [1.807, 2.05) is 12.2 Å². The molecular weight excluding hydrogens is 604 g/mol. The smallest absolute Gasteiger partial charge is 0.252 e. The number of benzene rings is 1. The van der Waals surface area contributed by atoms with E-state index in [-0.39, 0.29) is 88.4 Å². The molecule has 1 aromatic rings. The summed E-state index contributed by atoms with van der Waals surface area (Å²) in [6.45, 7) is 9.24. The first-order valence-electron chi connectivity index (χ1n) is 13.7. The van der Waals surface area contributed by atoms with Crippen LogP contribution in [0.1, 0.15) is 96.9 Å². The Kier molecular flexibility index (Phi) is 40.7. The van der Waals surface area contributed by atoms with Crippen molar-refractivity contribution >= 4 is 35.1 Å². The first-order valence-corrected chi connectivity index (χ1v) is 13.7. The lowest BCUT2D eigenvalue weighted by molar-refractivity contribution is -0.127. The molecule has 0 spiro atoms. The Morgan fingerprint density at radius 3 is 1.66 bits per heavy atom. The molecule has 272 valence electrons. The first-order chi connectivity index (χ1) is 20.3. The zero-order valence-electron chi connectivity index (χ0n) is 26.1. The second-order valence-corrected chi connectivity index (χ2v) is 9.31. The number of amides is 3. The molecule has 0 saturated carbocycles. The lowest BCUT2D eigenvalue weighted by Gasteiger charge is -2.10. The van der Waals surface area contributed by atoms with Crippen LogP contribution in [0.25, 0.3) is 0 Å². The second kappa shape index (κ2) is 34.7. The molecule has 0 fully saturated rings. The summed E-state index contributed by atoms with van der Waals surface area (Å²) in [6, 6.07) is 4.10. The maximum absolute atomic E-state index is 11.6. The number of nitrogens with one attached hydrogen (secondary N) is 6. The average Bonchev–Trinajstić information content (AvgIpc) is 2.95. The Bertz CT molecular complexity index is 1090. The van der Waals surface area contributed by atoms with Crippen LogP contribution in [-0.4, -0.2) is 81.3 Å². The molecule has 0 saturated heterocycles. The summed E-state index contributed by atoms with van der Waals surface area (Å²) >= 11 is 0. The van der Waals surface area contributed by atoms with Gasteiger partial charge in [-0.2, -0.15) is 0 Å². The number of ketones is 3. The van der Waals surface area contributed by atoms with Gasteiger partial charge in [-0.3, -0.25) is 28.8 Å². The van der Waals surface area contributed by atoms with Gasteiger partial charge in [-0.1, -0.05) is 47.9 Å². The fraction of sp³-hybridized carbons (Fsp3) is 0.529. The first kappa shape index (κ1) is 55.2. The highest BCUT2D eigenvalue weighted by atomic mass is 16.3. The van der Waals surface area contributed by atoms with Gasteiger partial charge in [0, 0.05) is 24.0 Å². The lowest BCUT2D eigenvalue weighted by Crippen LogP contribution is -2.32. The standard InChI is InChI=1S/C13H22N2O2.C11H14N2O3.C6H12N2O2.4CH4/c1-4-12(8-6-5-7-11(2)16)9-13(17)15-10-14-3;1-7(14)8-3-9(5-10(15)4-8)11(16)13-6-12-2;1-5(9)3-6(10)8-4-7-2;;;;/h4-6,12,14H,1,7-10H2,2-3H3,(H,15,17);3-5,12,15H,6H2,1-2H3,(H,13,16);7H,3-4H2,1-2H3,(H,8,10);4*1H4. The number of hydrogen-bond donors (Lipinski definition) is 7. The summed E-state index contributed by atoms with van der Waals surface area (Å²) in [6.07, 6.45) is 7.14. The van der Waals surface area contributed by atoms with Gasteiger partial charge in [0.25, 0.3) is 5.91 Å². The minimum atomic E-state index is -0.340. The Hall–Kier alpha value is -4.20. The van der Waals surface area contributed by atoms with Crippen LogP contribution in [0.3, 0.4) is 0 Å².